The van der Waals surface area contributed by atoms with Crippen molar-refractivity contribution in [3.05, 3.63) is 0 Å². The standard InChI is InChI=1S/C12H27N3O/c1-14(2)9-11-4-6-15(7-5-11)12(8-13)10-16-3/h11-12H,4-10,13H2,1-3H3. The second kappa shape index (κ2) is 7.22. The second-order valence-corrected chi connectivity index (χ2v) is 5.09. The van der Waals surface area contributed by atoms with Crippen molar-refractivity contribution in [2.24, 2.45) is 11.7 Å². The summed E-state index contributed by atoms with van der Waals surface area (Å²) in [5, 5.41) is 0. The molecule has 16 heavy (non-hydrogen) atoms. The van der Waals surface area contributed by atoms with Crippen molar-refractivity contribution in [3.8, 4) is 0 Å². The highest BCUT2D eigenvalue weighted by Gasteiger charge is 2.24. The normalized spacial score (nSPS) is 21.6. The molecule has 1 unspecified atom stereocenters. The molecule has 1 saturated heterocycles. The summed E-state index contributed by atoms with van der Waals surface area (Å²) in [5.41, 5.74) is 5.78. The Bertz CT molecular complexity index is 179. The number of hydrogen-bond acceptors (Lipinski definition) is 4. The van der Waals surface area contributed by atoms with Crippen LogP contribution in [0.15, 0.2) is 0 Å². The van der Waals surface area contributed by atoms with Gasteiger partial charge in [-0.3, -0.25) is 4.90 Å². The molecule has 0 aromatic heterocycles. The van der Waals surface area contributed by atoms with E-state index in [4.69, 9.17) is 10.5 Å². The smallest absolute Gasteiger partial charge is 0.0630 e. The van der Waals surface area contributed by atoms with Crippen molar-refractivity contribution >= 4 is 0 Å². The third-order valence-electron chi connectivity index (χ3n) is 3.42. The van der Waals surface area contributed by atoms with Crippen LogP contribution in [0.4, 0.5) is 0 Å². The van der Waals surface area contributed by atoms with Gasteiger partial charge in [0.15, 0.2) is 0 Å². The highest BCUT2D eigenvalue weighted by Crippen LogP contribution is 2.19. The molecule has 0 amide bonds. The quantitative estimate of drug-likeness (QED) is 0.708. The zero-order chi connectivity index (χ0) is 12.0. The second-order valence-electron chi connectivity index (χ2n) is 5.09. The van der Waals surface area contributed by atoms with Gasteiger partial charge in [-0.05, 0) is 45.9 Å². The van der Waals surface area contributed by atoms with Gasteiger partial charge in [-0.2, -0.15) is 0 Å². The molecule has 1 atom stereocenters. The Hall–Kier alpha value is -0.160. The average Bonchev–Trinajstić information content (AvgIpc) is 2.26. The molecule has 4 heteroatoms. The van der Waals surface area contributed by atoms with Crippen LogP contribution >= 0.6 is 0 Å². The Morgan fingerprint density at radius 3 is 2.44 bits per heavy atom. The molecule has 1 heterocycles. The fourth-order valence-electron chi connectivity index (χ4n) is 2.53. The van der Waals surface area contributed by atoms with E-state index in [0.717, 1.165) is 12.5 Å². The Kier molecular flexibility index (Phi) is 6.28. The number of rotatable bonds is 6. The molecular formula is C12H27N3O. The first-order chi connectivity index (χ1) is 7.67. The van der Waals surface area contributed by atoms with Gasteiger partial charge >= 0.3 is 0 Å². The molecule has 96 valence electrons. The van der Waals surface area contributed by atoms with Gasteiger partial charge < -0.3 is 15.4 Å². The summed E-state index contributed by atoms with van der Waals surface area (Å²) in [6, 6.07) is 0.408. The van der Waals surface area contributed by atoms with E-state index in [2.05, 4.69) is 23.9 Å². The predicted molar refractivity (Wildman–Crippen MR) is 67.6 cm³/mol. The van der Waals surface area contributed by atoms with Gasteiger partial charge in [0.25, 0.3) is 0 Å². The average molecular weight is 229 g/mol. The van der Waals surface area contributed by atoms with E-state index in [1.54, 1.807) is 7.11 Å². The van der Waals surface area contributed by atoms with Crippen LogP contribution in [0, 0.1) is 5.92 Å². The lowest BCUT2D eigenvalue weighted by Gasteiger charge is -2.37. The third kappa shape index (κ3) is 4.37. The molecule has 0 radical (unpaired) electrons. The molecule has 4 nitrogen and oxygen atoms in total. The molecule has 0 saturated carbocycles. The van der Waals surface area contributed by atoms with E-state index in [9.17, 15) is 0 Å². The number of ether oxygens (including phenoxy) is 1. The van der Waals surface area contributed by atoms with Crippen LogP contribution in [0.3, 0.4) is 0 Å². The van der Waals surface area contributed by atoms with Gasteiger partial charge in [0.2, 0.25) is 0 Å². The van der Waals surface area contributed by atoms with Crippen LogP contribution in [-0.4, -0.2) is 69.8 Å². The first-order valence-corrected chi connectivity index (χ1v) is 6.25. The highest BCUT2D eigenvalue weighted by atomic mass is 16.5. The fourth-order valence-corrected chi connectivity index (χ4v) is 2.53. The van der Waals surface area contributed by atoms with Crippen molar-refractivity contribution in [1.29, 1.82) is 0 Å². The van der Waals surface area contributed by atoms with Crippen molar-refractivity contribution in [2.45, 2.75) is 18.9 Å². The zero-order valence-corrected chi connectivity index (χ0v) is 11.0. The topological polar surface area (TPSA) is 41.7 Å². The minimum absolute atomic E-state index is 0.408. The molecule has 2 N–H and O–H groups in total. The lowest BCUT2D eigenvalue weighted by atomic mass is 9.95. The number of hydrogen-bond donors (Lipinski definition) is 1. The van der Waals surface area contributed by atoms with E-state index < -0.39 is 0 Å². The van der Waals surface area contributed by atoms with Crippen LogP contribution in [0.2, 0.25) is 0 Å². The maximum atomic E-state index is 5.78. The number of piperidine rings is 1. The molecule has 0 aliphatic carbocycles. The summed E-state index contributed by atoms with van der Waals surface area (Å²) < 4.78 is 5.21. The van der Waals surface area contributed by atoms with Gasteiger partial charge in [-0.25, -0.2) is 0 Å². The molecule has 0 aromatic rings. The molecule has 1 aliphatic rings. The van der Waals surface area contributed by atoms with Crippen molar-refractivity contribution in [2.75, 3.05) is 54.0 Å². The first-order valence-electron chi connectivity index (χ1n) is 6.25. The van der Waals surface area contributed by atoms with Crippen LogP contribution in [0.25, 0.3) is 0 Å². The van der Waals surface area contributed by atoms with Gasteiger partial charge in [-0.1, -0.05) is 0 Å². The minimum Gasteiger partial charge on any atom is -0.383 e. The Morgan fingerprint density at radius 2 is 2.00 bits per heavy atom. The predicted octanol–water partition coefficient (Wildman–Crippen LogP) is 0.234. The van der Waals surface area contributed by atoms with E-state index in [1.807, 2.05) is 0 Å². The Morgan fingerprint density at radius 1 is 1.38 bits per heavy atom. The van der Waals surface area contributed by atoms with Gasteiger partial charge in [0, 0.05) is 26.2 Å². The summed E-state index contributed by atoms with van der Waals surface area (Å²) in [6.45, 7) is 5.01. The molecule has 1 rings (SSSR count). The first kappa shape index (κ1) is 13.9. The highest BCUT2D eigenvalue weighted by molar-refractivity contribution is 4.79. The summed E-state index contributed by atoms with van der Waals surface area (Å²) in [4.78, 5) is 4.77. The van der Waals surface area contributed by atoms with Gasteiger partial charge in [-0.15, -0.1) is 0 Å². The maximum absolute atomic E-state index is 5.78. The molecule has 1 fully saturated rings. The molecular weight excluding hydrogens is 202 g/mol. The van der Waals surface area contributed by atoms with Crippen LogP contribution in [0.5, 0.6) is 0 Å². The van der Waals surface area contributed by atoms with Gasteiger partial charge in [0.1, 0.15) is 0 Å². The van der Waals surface area contributed by atoms with E-state index in [1.165, 1.54) is 32.5 Å². The number of likely N-dealkylation sites (tertiary alicyclic amines) is 1. The molecule has 0 aromatic carbocycles. The summed E-state index contributed by atoms with van der Waals surface area (Å²) in [5.74, 6) is 0.854. The van der Waals surface area contributed by atoms with Crippen LogP contribution < -0.4 is 5.73 Å². The minimum atomic E-state index is 0.408. The maximum Gasteiger partial charge on any atom is 0.0630 e. The summed E-state index contributed by atoms with van der Waals surface area (Å²) in [6.07, 6.45) is 2.58. The fraction of sp³-hybridized carbons (Fsp3) is 1.00. The van der Waals surface area contributed by atoms with E-state index in [0.29, 0.717) is 12.6 Å². The molecule has 0 bridgehead atoms. The van der Waals surface area contributed by atoms with Gasteiger partial charge in [0.05, 0.1) is 6.61 Å². The van der Waals surface area contributed by atoms with E-state index >= 15 is 0 Å². The number of methoxy groups -OCH3 is 1. The molecule has 1 aliphatic heterocycles. The lowest BCUT2D eigenvalue weighted by molar-refractivity contribution is 0.0646. The zero-order valence-electron chi connectivity index (χ0n) is 11.0. The SMILES string of the molecule is COCC(CN)N1CCC(CN(C)C)CC1. The summed E-state index contributed by atoms with van der Waals surface area (Å²) >= 11 is 0. The summed E-state index contributed by atoms with van der Waals surface area (Å²) in [7, 11) is 6.06. The van der Waals surface area contributed by atoms with Crippen LogP contribution in [0.1, 0.15) is 12.8 Å². The Labute approximate surface area is 99.7 Å². The largest absolute Gasteiger partial charge is 0.383 e. The lowest BCUT2D eigenvalue weighted by Crippen LogP contribution is -2.48. The Balaban J connectivity index is 2.29. The van der Waals surface area contributed by atoms with Crippen molar-refractivity contribution in [1.82, 2.24) is 9.80 Å². The monoisotopic (exact) mass is 229 g/mol. The van der Waals surface area contributed by atoms with Crippen molar-refractivity contribution in [3.63, 3.8) is 0 Å². The third-order valence-corrected chi connectivity index (χ3v) is 3.42. The van der Waals surface area contributed by atoms with E-state index in [-0.39, 0.29) is 0 Å². The molecule has 0 spiro atoms. The number of nitrogens with zero attached hydrogens (tertiary/aromatic N) is 2. The van der Waals surface area contributed by atoms with Crippen molar-refractivity contribution < 1.29 is 4.74 Å². The van der Waals surface area contributed by atoms with Crippen LogP contribution in [-0.2, 0) is 4.74 Å². The number of nitrogens with two attached hydrogens (primary N) is 1.